The fourth-order valence-electron chi connectivity index (χ4n) is 5.87. The monoisotopic (exact) mass is 582 g/mol. The normalized spacial score (nSPS) is 13.4. The molecule has 8 heteroatoms. The van der Waals surface area contributed by atoms with Crippen molar-refractivity contribution < 1.29 is 28.8 Å². The third-order valence-corrected chi connectivity index (χ3v) is 8.12. The minimum Gasteiger partial charge on any atom is -0.449 e. The first-order valence-electron chi connectivity index (χ1n) is 15.3. The number of hydroxylamine groups is 2. The van der Waals surface area contributed by atoms with E-state index in [0.29, 0.717) is 24.6 Å². The molecule has 5 rings (SSSR count). The fraction of sp³-hybridized carbons (Fsp3) is 0.371. The molecule has 0 aromatic heterocycles. The van der Waals surface area contributed by atoms with Crippen molar-refractivity contribution in [2.24, 2.45) is 0 Å². The van der Waals surface area contributed by atoms with E-state index in [2.05, 4.69) is 29.6 Å². The molecule has 0 radical (unpaired) electrons. The first-order chi connectivity index (χ1) is 21.0. The maximum absolute atomic E-state index is 12.3. The number of hydrogen-bond donors (Lipinski definition) is 1. The van der Waals surface area contributed by atoms with Gasteiger partial charge >= 0.3 is 12.1 Å². The third kappa shape index (κ3) is 7.31. The Hall–Kier alpha value is -4.46. The first-order valence-corrected chi connectivity index (χ1v) is 15.3. The van der Waals surface area contributed by atoms with Crippen LogP contribution in [0, 0.1) is 0 Å². The lowest BCUT2D eigenvalue weighted by atomic mass is 9.98. The number of carbonyl (C=O) groups is 4. The van der Waals surface area contributed by atoms with Crippen LogP contribution in [0.3, 0.4) is 0 Å². The molecule has 2 aliphatic rings. The number of rotatable bonds is 15. The summed E-state index contributed by atoms with van der Waals surface area (Å²) in [5.41, 5.74) is 5.36. The number of alkyl carbamates (subject to hydrolysis) is 1. The van der Waals surface area contributed by atoms with E-state index in [4.69, 9.17) is 9.57 Å². The van der Waals surface area contributed by atoms with E-state index in [1.807, 2.05) is 24.3 Å². The Kier molecular flexibility index (Phi) is 10.2. The van der Waals surface area contributed by atoms with Crippen LogP contribution in [0.5, 0.6) is 0 Å². The maximum atomic E-state index is 12.3. The SMILES string of the molecule is O=C(CCCCCCCCCCCNC(=O)OCC1c2ccccc2-c2ccccc21)ON1C(=O)c2ccccc2C1=O. The summed E-state index contributed by atoms with van der Waals surface area (Å²) in [6.45, 7) is 0.932. The van der Waals surface area contributed by atoms with Crippen LogP contribution >= 0.6 is 0 Å². The average molecular weight is 583 g/mol. The molecular formula is C35H38N2O6. The topological polar surface area (TPSA) is 102 Å². The lowest BCUT2D eigenvalue weighted by Gasteiger charge is -2.14. The third-order valence-electron chi connectivity index (χ3n) is 8.12. The highest BCUT2D eigenvalue weighted by atomic mass is 16.7. The van der Waals surface area contributed by atoms with E-state index in [1.54, 1.807) is 24.3 Å². The zero-order chi connectivity index (χ0) is 30.0. The number of carbonyl (C=O) groups excluding carboxylic acids is 4. The molecule has 1 N–H and O–H groups in total. The van der Waals surface area contributed by atoms with Crippen molar-refractivity contribution in [1.82, 2.24) is 10.4 Å². The van der Waals surface area contributed by atoms with E-state index in [9.17, 15) is 19.2 Å². The molecule has 8 nitrogen and oxygen atoms in total. The quantitative estimate of drug-likeness (QED) is 0.150. The second kappa shape index (κ2) is 14.6. The summed E-state index contributed by atoms with van der Waals surface area (Å²) in [5, 5.41) is 3.45. The Labute approximate surface area is 252 Å². The number of fused-ring (bicyclic) bond motifs is 4. The maximum Gasteiger partial charge on any atom is 0.407 e. The highest BCUT2D eigenvalue weighted by Gasteiger charge is 2.38. The van der Waals surface area contributed by atoms with Gasteiger partial charge in [0.15, 0.2) is 0 Å². The van der Waals surface area contributed by atoms with Crippen molar-refractivity contribution in [3.63, 3.8) is 0 Å². The number of ether oxygens (including phenoxy) is 1. The standard InChI is InChI=1S/C35H38N2O6/c38-32(43-37-33(39)29-20-13-14-21-30(29)34(37)40)22-8-6-4-2-1-3-5-7-15-23-36-35(41)42-24-31-27-18-11-9-16-25(27)26-17-10-12-19-28(26)31/h9-14,16-21,31H,1-8,15,22-24H2,(H,36,41). The van der Waals surface area contributed by atoms with Gasteiger partial charge in [0.25, 0.3) is 11.8 Å². The number of amides is 3. The first kappa shape index (κ1) is 30.0. The molecule has 0 atom stereocenters. The zero-order valence-corrected chi connectivity index (χ0v) is 24.4. The van der Waals surface area contributed by atoms with E-state index in [0.717, 1.165) is 51.4 Å². The number of hydrogen-bond acceptors (Lipinski definition) is 6. The molecule has 1 aliphatic heterocycles. The largest absolute Gasteiger partial charge is 0.449 e. The van der Waals surface area contributed by atoms with Gasteiger partial charge < -0.3 is 14.9 Å². The number of imide groups is 1. The summed E-state index contributed by atoms with van der Waals surface area (Å²) in [4.78, 5) is 54.0. The predicted molar refractivity (Wildman–Crippen MR) is 162 cm³/mol. The van der Waals surface area contributed by atoms with Crippen molar-refractivity contribution in [1.29, 1.82) is 0 Å². The summed E-state index contributed by atoms with van der Waals surface area (Å²) < 4.78 is 5.59. The summed E-state index contributed by atoms with van der Waals surface area (Å²) in [7, 11) is 0. The highest BCUT2D eigenvalue weighted by Crippen LogP contribution is 2.44. The minimum atomic E-state index is -0.595. The smallest absolute Gasteiger partial charge is 0.407 e. The predicted octanol–water partition coefficient (Wildman–Crippen LogP) is 7.18. The molecule has 0 bridgehead atoms. The van der Waals surface area contributed by atoms with Gasteiger partial charge in [-0.15, -0.1) is 0 Å². The van der Waals surface area contributed by atoms with E-state index in [-0.39, 0.29) is 29.6 Å². The van der Waals surface area contributed by atoms with Crippen LogP contribution in [0.4, 0.5) is 4.79 Å². The molecule has 0 saturated heterocycles. The van der Waals surface area contributed by atoms with Gasteiger partial charge in [-0.2, -0.15) is 0 Å². The Morgan fingerprint density at radius 1 is 0.628 bits per heavy atom. The van der Waals surface area contributed by atoms with Crippen LogP contribution in [0.25, 0.3) is 11.1 Å². The van der Waals surface area contributed by atoms with Gasteiger partial charge in [0.05, 0.1) is 11.1 Å². The highest BCUT2D eigenvalue weighted by molar-refractivity contribution is 6.20. The van der Waals surface area contributed by atoms with Crippen molar-refractivity contribution >= 4 is 23.9 Å². The van der Waals surface area contributed by atoms with E-state index < -0.39 is 17.8 Å². The Bertz CT molecular complexity index is 1390. The van der Waals surface area contributed by atoms with Gasteiger partial charge in [0.2, 0.25) is 0 Å². The molecule has 224 valence electrons. The molecule has 1 aliphatic carbocycles. The van der Waals surface area contributed by atoms with Crippen molar-refractivity contribution in [2.45, 2.75) is 70.1 Å². The second-order valence-corrected chi connectivity index (χ2v) is 11.1. The molecule has 0 spiro atoms. The van der Waals surface area contributed by atoms with Crippen molar-refractivity contribution in [3.05, 3.63) is 95.1 Å². The zero-order valence-electron chi connectivity index (χ0n) is 24.4. The molecule has 3 amide bonds. The summed E-state index contributed by atoms with van der Waals surface area (Å²) >= 11 is 0. The summed E-state index contributed by atoms with van der Waals surface area (Å²) in [5.74, 6) is -1.69. The van der Waals surface area contributed by atoms with Crippen molar-refractivity contribution in [3.8, 4) is 11.1 Å². The molecule has 1 heterocycles. The molecule has 0 fully saturated rings. The number of benzene rings is 3. The lowest BCUT2D eigenvalue weighted by Crippen LogP contribution is -2.32. The minimum absolute atomic E-state index is 0.0664. The average Bonchev–Trinajstić information content (AvgIpc) is 3.47. The number of nitrogens with zero attached hydrogens (tertiary/aromatic N) is 1. The van der Waals surface area contributed by atoms with Crippen LogP contribution in [0.1, 0.15) is 102 Å². The number of nitrogens with one attached hydrogen (secondary N) is 1. The summed E-state index contributed by atoms with van der Waals surface area (Å²) in [6, 6.07) is 23.0. The number of unbranched alkanes of at least 4 members (excludes halogenated alkanes) is 8. The Morgan fingerprint density at radius 2 is 1.09 bits per heavy atom. The Balaban J connectivity index is 0.854. The van der Waals surface area contributed by atoms with Gasteiger partial charge in [0, 0.05) is 18.9 Å². The molecular weight excluding hydrogens is 544 g/mol. The van der Waals surface area contributed by atoms with E-state index >= 15 is 0 Å². The van der Waals surface area contributed by atoms with Gasteiger partial charge in [0.1, 0.15) is 6.61 Å². The molecule has 0 saturated carbocycles. The molecule has 3 aromatic rings. The van der Waals surface area contributed by atoms with E-state index in [1.165, 1.54) is 22.3 Å². The van der Waals surface area contributed by atoms with Gasteiger partial charge in [-0.1, -0.05) is 111 Å². The molecule has 0 unspecified atom stereocenters. The fourth-order valence-corrected chi connectivity index (χ4v) is 5.87. The summed E-state index contributed by atoms with van der Waals surface area (Å²) in [6.07, 6.45) is 8.79. The van der Waals surface area contributed by atoms with Gasteiger partial charge in [-0.05, 0) is 47.2 Å². The van der Waals surface area contributed by atoms with Gasteiger partial charge in [-0.3, -0.25) is 9.59 Å². The van der Waals surface area contributed by atoms with Crippen LogP contribution in [0.2, 0.25) is 0 Å². The van der Waals surface area contributed by atoms with Crippen LogP contribution < -0.4 is 5.32 Å². The van der Waals surface area contributed by atoms with Gasteiger partial charge in [-0.25, -0.2) is 9.59 Å². The lowest BCUT2D eigenvalue weighted by molar-refractivity contribution is -0.168. The molecule has 3 aromatic carbocycles. The van der Waals surface area contributed by atoms with Crippen molar-refractivity contribution in [2.75, 3.05) is 13.2 Å². The second-order valence-electron chi connectivity index (χ2n) is 11.1. The van der Waals surface area contributed by atoms with Crippen LogP contribution in [0.15, 0.2) is 72.8 Å². The molecule has 43 heavy (non-hydrogen) atoms. The van der Waals surface area contributed by atoms with Crippen LogP contribution in [-0.2, 0) is 14.4 Å². The van der Waals surface area contributed by atoms with Crippen LogP contribution in [-0.4, -0.2) is 42.1 Å². The Morgan fingerprint density at radius 3 is 1.65 bits per heavy atom.